The van der Waals surface area contributed by atoms with Gasteiger partial charge in [-0.1, -0.05) is 17.7 Å². The monoisotopic (exact) mass is 237 g/mol. The van der Waals surface area contributed by atoms with Crippen molar-refractivity contribution in [2.24, 2.45) is 0 Å². The van der Waals surface area contributed by atoms with Crippen LogP contribution in [0, 0.1) is 0 Å². The predicted octanol–water partition coefficient (Wildman–Crippen LogP) is 2.76. The lowest BCUT2D eigenvalue weighted by molar-refractivity contribution is -0.0732. The SMILES string of the molecule is CN(O)Cc1ccc(OC(F)F)c(Cl)c1. The minimum Gasteiger partial charge on any atom is -0.433 e. The van der Waals surface area contributed by atoms with Crippen LogP contribution in [-0.4, -0.2) is 23.9 Å². The van der Waals surface area contributed by atoms with Gasteiger partial charge < -0.3 is 9.94 Å². The summed E-state index contributed by atoms with van der Waals surface area (Å²) in [6.07, 6.45) is 0. The van der Waals surface area contributed by atoms with Gasteiger partial charge in [0.05, 0.1) is 5.02 Å². The van der Waals surface area contributed by atoms with Crippen LogP contribution in [-0.2, 0) is 6.54 Å². The van der Waals surface area contributed by atoms with E-state index in [1.807, 2.05) is 0 Å². The molecule has 0 aliphatic heterocycles. The number of hydrogen-bond acceptors (Lipinski definition) is 3. The highest BCUT2D eigenvalue weighted by atomic mass is 35.5. The van der Waals surface area contributed by atoms with E-state index in [1.54, 1.807) is 6.07 Å². The van der Waals surface area contributed by atoms with Gasteiger partial charge in [0.15, 0.2) is 0 Å². The smallest absolute Gasteiger partial charge is 0.387 e. The largest absolute Gasteiger partial charge is 0.433 e. The van der Waals surface area contributed by atoms with E-state index in [-0.39, 0.29) is 17.3 Å². The zero-order valence-corrected chi connectivity index (χ0v) is 8.71. The molecule has 6 heteroatoms. The van der Waals surface area contributed by atoms with Crippen LogP contribution in [0.5, 0.6) is 5.75 Å². The van der Waals surface area contributed by atoms with Crippen LogP contribution in [0.2, 0.25) is 5.02 Å². The Morgan fingerprint density at radius 1 is 1.53 bits per heavy atom. The van der Waals surface area contributed by atoms with Gasteiger partial charge in [-0.05, 0) is 17.7 Å². The molecule has 0 atom stereocenters. The van der Waals surface area contributed by atoms with Gasteiger partial charge >= 0.3 is 6.61 Å². The molecule has 1 aromatic rings. The van der Waals surface area contributed by atoms with Crippen LogP contribution in [0.15, 0.2) is 18.2 Å². The number of rotatable bonds is 4. The van der Waals surface area contributed by atoms with Crippen LogP contribution in [0.1, 0.15) is 5.56 Å². The normalized spacial score (nSPS) is 11.1. The summed E-state index contributed by atoms with van der Waals surface area (Å²) in [6, 6.07) is 4.36. The lowest BCUT2D eigenvalue weighted by atomic mass is 10.2. The average molecular weight is 238 g/mol. The van der Waals surface area contributed by atoms with Crippen molar-refractivity contribution in [3.8, 4) is 5.75 Å². The number of alkyl halides is 2. The summed E-state index contributed by atoms with van der Waals surface area (Å²) in [6.45, 7) is -2.64. The highest BCUT2D eigenvalue weighted by molar-refractivity contribution is 6.32. The van der Waals surface area contributed by atoms with Gasteiger partial charge in [0, 0.05) is 13.6 Å². The molecule has 1 N–H and O–H groups in total. The van der Waals surface area contributed by atoms with Crippen LogP contribution in [0.4, 0.5) is 8.78 Å². The number of benzene rings is 1. The Bertz CT molecular complexity index is 334. The van der Waals surface area contributed by atoms with Crippen molar-refractivity contribution in [2.75, 3.05) is 7.05 Å². The van der Waals surface area contributed by atoms with Crippen LogP contribution >= 0.6 is 11.6 Å². The third-order valence-corrected chi connectivity index (χ3v) is 1.92. The highest BCUT2D eigenvalue weighted by Crippen LogP contribution is 2.27. The van der Waals surface area contributed by atoms with Crippen LogP contribution < -0.4 is 4.74 Å². The number of hydrogen-bond donors (Lipinski definition) is 1. The molecule has 0 saturated carbocycles. The molecule has 0 heterocycles. The molecule has 0 aromatic heterocycles. The van der Waals surface area contributed by atoms with Crippen molar-refractivity contribution in [1.82, 2.24) is 5.06 Å². The molecular formula is C9H10ClF2NO2. The standard InChI is InChI=1S/C9H10ClF2NO2/c1-13(14)5-6-2-3-8(7(10)4-6)15-9(11)12/h2-4,9,14H,5H2,1H3. The van der Waals surface area contributed by atoms with E-state index in [9.17, 15) is 8.78 Å². The van der Waals surface area contributed by atoms with Gasteiger partial charge in [-0.2, -0.15) is 13.8 Å². The molecular weight excluding hydrogens is 228 g/mol. The second kappa shape index (κ2) is 5.25. The van der Waals surface area contributed by atoms with Crippen molar-refractivity contribution in [3.63, 3.8) is 0 Å². The van der Waals surface area contributed by atoms with Crippen molar-refractivity contribution in [2.45, 2.75) is 13.2 Å². The summed E-state index contributed by atoms with van der Waals surface area (Å²) in [5, 5.41) is 10.0. The first kappa shape index (κ1) is 12.2. The number of nitrogens with zero attached hydrogens (tertiary/aromatic N) is 1. The van der Waals surface area contributed by atoms with Gasteiger partial charge in [-0.3, -0.25) is 0 Å². The summed E-state index contributed by atoms with van der Waals surface area (Å²) >= 11 is 5.70. The molecule has 15 heavy (non-hydrogen) atoms. The molecule has 0 spiro atoms. The molecule has 1 aromatic carbocycles. The van der Waals surface area contributed by atoms with E-state index >= 15 is 0 Å². The Labute approximate surface area is 90.8 Å². The van der Waals surface area contributed by atoms with Gasteiger partial charge in [-0.25, -0.2) is 0 Å². The number of ether oxygens (including phenoxy) is 1. The average Bonchev–Trinajstić information content (AvgIpc) is 2.08. The van der Waals surface area contributed by atoms with E-state index in [0.29, 0.717) is 5.56 Å². The van der Waals surface area contributed by atoms with Crippen molar-refractivity contribution in [3.05, 3.63) is 28.8 Å². The maximum atomic E-state index is 11.9. The first-order valence-electron chi connectivity index (χ1n) is 4.12. The van der Waals surface area contributed by atoms with E-state index < -0.39 is 6.61 Å². The zero-order valence-electron chi connectivity index (χ0n) is 7.95. The second-order valence-electron chi connectivity index (χ2n) is 2.96. The molecule has 1 rings (SSSR count). The van der Waals surface area contributed by atoms with Crippen LogP contribution in [0.25, 0.3) is 0 Å². The number of hydroxylamine groups is 2. The first-order valence-corrected chi connectivity index (χ1v) is 4.50. The molecule has 0 bridgehead atoms. The Morgan fingerprint density at radius 3 is 2.67 bits per heavy atom. The molecule has 0 amide bonds. The van der Waals surface area contributed by atoms with Crippen LogP contribution in [0.3, 0.4) is 0 Å². The number of halogens is 3. The van der Waals surface area contributed by atoms with E-state index in [4.69, 9.17) is 16.8 Å². The molecule has 0 saturated heterocycles. The highest BCUT2D eigenvalue weighted by Gasteiger charge is 2.09. The summed E-state index contributed by atoms with van der Waals surface area (Å²) < 4.78 is 27.9. The Kier molecular flexibility index (Phi) is 4.26. The Morgan fingerprint density at radius 2 is 2.20 bits per heavy atom. The second-order valence-corrected chi connectivity index (χ2v) is 3.37. The summed E-state index contributed by atoms with van der Waals surface area (Å²) in [4.78, 5) is 0. The molecule has 0 radical (unpaired) electrons. The van der Waals surface area contributed by atoms with Crippen molar-refractivity contribution < 1.29 is 18.7 Å². The summed E-state index contributed by atoms with van der Waals surface area (Å²) in [5.74, 6) is -0.0731. The lowest BCUT2D eigenvalue weighted by Crippen LogP contribution is -2.11. The summed E-state index contributed by atoms with van der Waals surface area (Å²) in [5.41, 5.74) is 0.701. The molecule has 0 aliphatic rings. The maximum Gasteiger partial charge on any atom is 0.387 e. The van der Waals surface area contributed by atoms with Gasteiger partial charge in [0.1, 0.15) is 5.75 Å². The van der Waals surface area contributed by atoms with E-state index in [2.05, 4.69) is 4.74 Å². The minimum atomic E-state index is -2.89. The Hall–Kier alpha value is -0.910. The fourth-order valence-corrected chi connectivity index (χ4v) is 1.35. The van der Waals surface area contributed by atoms with E-state index in [0.717, 1.165) is 5.06 Å². The fraction of sp³-hybridized carbons (Fsp3) is 0.333. The molecule has 3 nitrogen and oxygen atoms in total. The molecule has 0 aliphatic carbocycles. The summed E-state index contributed by atoms with van der Waals surface area (Å²) in [7, 11) is 1.47. The zero-order chi connectivity index (χ0) is 11.4. The quantitative estimate of drug-likeness (QED) is 0.818. The van der Waals surface area contributed by atoms with Crippen molar-refractivity contribution in [1.29, 1.82) is 0 Å². The third kappa shape index (κ3) is 3.99. The van der Waals surface area contributed by atoms with Crippen molar-refractivity contribution >= 4 is 11.6 Å². The maximum absolute atomic E-state index is 11.9. The molecule has 84 valence electrons. The fourth-order valence-electron chi connectivity index (χ4n) is 1.10. The van der Waals surface area contributed by atoms with Gasteiger partial charge in [0.2, 0.25) is 0 Å². The van der Waals surface area contributed by atoms with Gasteiger partial charge in [-0.15, -0.1) is 0 Å². The topological polar surface area (TPSA) is 32.7 Å². The third-order valence-electron chi connectivity index (χ3n) is 1.62. The lowest BCUT2D eigenvalue weighted by Gasteiger charge is -2.10. The minimum absolute atomic E-state index is 0.0731. The first-order chi connectivity index (χ1) is 6.99. The predicted molar refractivity (Wildman–Crippen MR) is 51.3 cm³/mol. The van der Waals surface area contributed by atoms with Gasteiger partial charge in [0.25, 0.3) is 0 Å². The van der Waals surface area contributed by atoms with E-state index in [1.165, 1.54) is 19.2 Å². The Balaban J connectivity index is 2.78. The molecule has 0 fully saturated rings. The molecule has 0 unspecified atom stereocenters.